The molecule has 0 saturated heterocycles. The van der Waals surface area contributed by atoms with E-state index in [1.54, 1.807) is 14.2 Å². The fraction of sp³-hybridized carbons (Fsp3) is 0.267. The molecule has 1 aromatic heterocycles. The van der Waals surface area contributed by atoms with Crippen molar-refractivity contribution in [1.29, 1.82) is 5.26 Å². The monoisotopic (exact) mass is 256 g/mol. The zero-order chi connectivity index (χ0) is 13.8. The third-order valence-corrected chi connectivity index (χ3v) is 3.17. The predicted molar refractivity (Wildman–Crippen MR) is 72.5 cm³/mol. The van der Waals surface area contributed by atoms with Crippen LogP contribution in [0.5, 0.6) is 11.5 Å². The molecule has 1 unspecified atom stereocenters. The van der Waals surface area contributed by atoms with Gasteiger partial charge in [-0.2, -0.15) is 5.26 Å². The molecule has 1 aromatic carbocycles. The summed E-state index contributed by atoms with van der Waals surface area (Å²) in [5.74, 6) is 0.999. The molecule has 1 heterocycles. The number of hydrogen-bond acceptors (Lipinski definition) is 3. The van der Waals surface area contributed by atoms with E-state index in [0.717, 1.165) is 16.7 Å². The molecule has 0 fully saturated rings. The number of aromatic nitrogens is 1. The lowest BCUT2D eigenvalue weighted by atomic mass is 9.91. The maximum atomic E-state index is 9.43. The Hall–Kier alpha value is -2.41. The van der Waals surface area contributed by atoms with Gasteiger partial charge in [-0.3, -0.25) is 0 Å². The number of H-pyrrole nitrogens is 1. The van der Waals surface area contributed by atoms with Crippen LogP contribution in [0.15, 0.2) is 30.6 Å². The van der Waals surface area contributed by atoms with Gasteiger partial charge in [0.1, 0.15) is 0 Å². The first-order valence-electron chi connectivity index (χ1n) is 5.96. The van der Waals surface area contributed by atoms with E-state index in [1.165, 1.54) is 0 Å². The van der Waals surface area contributed by atoms with Crippen LogP contribution in [-0.4, -0.2) is 19.2 Å². The Balaban J connectivity index is 2.53. The Morgan fingerprint density at radius 2 is 1.89 bits per heavy atom. The van der Waals surface area contributed by atoms with Crippen molar-refractivity contribution in [2.45, 2.75) is 12.8 Å². The third kappa shape index (κ3) is 2.41. The van der Waals surface area contributed by atoms with Gasteiger partial charge in [0, 0.05) is 12.4 Å². The average Bonchev–Trinajstić information content (AvgIpc) is 2.94. The summed E-state index contributed by atoms with van der Waals surface area (Å²) in [6.07, 6.45) is 3.65. The van der Waals surface area contributed by atoms with Crippen molar-refractivity contribution in [3.05, 3.63) is 47.3 Å². The van der Waals surface area contributed by atoms with Crippen LogP contribution in [0.1, 0.15) is 22.6 Å². The molecule has 19 heavy (non-hydrogen) atoms. The SMILES string of the molecule is COc1cc(C)c(C(C#N)c2cc[nH]c2)cc1OC. The summed E-state index contributed by atoms with van der Waals surface area (Å²) in [7, 11) is 3.19. The second kappa shape index (κ2) is 5.49. The topological polar surface area (TPSA) is 58.0 Å². The first kappa shape index (κ1) is 13.0. The van der Waals surface area contributed by atoms with Gasteiger partial charge < -0.3 is 14.5 Å². The maximum Gasteiger partial charge on any atom is 0.161 e. The molecule has 0 amide bonds. The van der Waals surface area contributed by atoms with E-state index in [4.69, 9.17) is 9.47 Å². The number of nitrogens with zero attached hydrogens (tertiary/aromatic N) is 1. The van der Waals surface area contributed by atoms with Crippen molar-refractivity contribution < 1.29 is 9.47 Å². The number of benzene rings is 1. The molecular formula is C15H16N2O2. The molecule has 0 aliphatic rings. The molecule has 2 aromatic rings. The van der Waals surface area contributed by atoms with E-state index in [1.807, 2.05) is 37.5 Å². The molecule has 4 heteroatoms. The summed E-state index contributed by atoms with van der Waals surface area (Å²) >= 11 is 0. The standard InChI is InChI=1S/C15H16N2O2/c1-10-6-14(18-2)15(19-3)7-12(10)13(8-16)11-4-5-17-9-11/h4-7,9,13,17H,1-3H3. The van der Waals surface area contributed by atoms with Crippen LogP contribution in [0.2, 0.25) is 0 Å². The van der Waals surface area contributed by atoms with E-state index < -0.39 is 0 Å². The van der Waals surface area contributed by atoms with Crippen molar-refractivity contribution in [1.82, 2.24) is 4.98 Å². The molecule has 0 spiro atoms. The zero-order valence-corrected chi connectivity index (χ0v) is 11.2. The lowest BCUT2D eigenvalue weighted by Gasteiger charge is -2.15. The van der Waals surface area contributed by atoms with Gasteiger partial charge in [0.05, 0.1) is 26.2 Å². The van der Waals surface area contributed by atoms with Crippen LogP contribution >= 0.6 is 0 Å². The largest absolute Gasteiger partial charge is 0.493 e. The number of nitrogens with one attached hydrogen (secondary N) is 1. The zero-order valence-electron chi connectivity index (χ0n) is 11.2. The van der Waals surface area contributed by atoms with Crippen LogP contribution in [0, 0.1) is 18.3 Å². The van der Waals surface area contributed by atoms with Gasteiger partial charge in [-0.15, -0.1) is 0 Å². The molecular weight excluding hydrogens is 240 g/mol. The summed E-state index contributed by atoms with van der Waals surface area (Å²) in [6, 6.07) is 8.00. The summed E-state index contributed by atoms with van der Waals surface area (Å²) in [5, 5.41) is 9.43. The van der Waals surface area contributed by atoms with E-state index in [2.05, 4.69) is 11.1 Å². The fourth-order valence-electron chi connectivity index (χ4n) is 2.15. The second-order valence-corrected chi connectivity index (χ2v) is 4.27. The number of rotatable bonds is 4. The number of nitriles is 1. The first-order chi connectivity index (χ1) is 9.21. The minimum absolute atomic E-state index is 0.314. The highest BCUT2D eigenvalue weighted by Gasteiger charge is 2.19. The van der Waals surface area contributed by atoms with Crippen molar-refractivity contribution in [2.24, 2.45) is 0 Å². The second-order valence-electron chi connectivity index (χ2n) is 4.27. The van der Waals surface area contributed by atoms with Crippen LogP contribution in [0.4, 0.5) is 0 Å². The molecule has 4 nitrogen and oxygen atoms in total. The minimum atomic E-state index is -0.314. The van der Waals surface area contributed by atoms with Gasteiger partial charge in [-0.25, -0.2) is 0 Å². The number of hydrogen-bond donors (Lipinski definition) is 1. The molecule has 1 N–H and O–H groups in total. The van der Waals surface area contributed by atoms with Crippen LogP contribution < -0.4 is 9.47 Å². The van der Waals surface area contributed by atoms with Gasteiger partial charge in [0.25, 0.3) is 0 Å². The maximum absolute atomic E-state index is 9.43. The van der Waals surface area contributed by atoms with Gasteiger partial charge in [-0.1, -0.05) is 0 Å². The number of methoxy groups -OCH3 is 2. The Bertz CT molecular complexity index is 597. The van der Waals surface area contributed by atoms with Crippen LogP contribution in [-0.2, 0) is 0 Å². The molecule has 0 bridgehead atoms. The fourth-order valence-corrected chi connectivity index (χ4v) is 2.15. The lowest BCUT2D eigenvalue weighted by Crippen LogP contribution is -2.02. The Kier molecular flexibility index (Phi) is 3.76. The highest BCUT2D eigenvalue weighted by atomic mass is 16.5. The molecule has 0 saturated carbocycles. The van der Waals surface area contributed by atoms with Gasteiger partial charge in [0.2, 0.25) is 0 Å². The molecule has 1 atom stereocenters. The first-order valence-corrected chi connectivity index (χ1v) is 5.96. The predicted octanol–water partition coefficient (Wildman–Crippen LogP) is 3.00. The van der Waals surface area contributed by atoms with Gasteiger partial charge in [0.15, 0.2) is 11.5 Å². The van der Waals surface area contributed by atoms with Gasteiger partial charge >= 0.3 is 0 Å². The quantitative estimate of drug-likeness (QED) is 0.914. The van der Waals surface area contributed by atoms with E-state index in [9.17, 15) is 5.26 Å². The van der Waals surface area contributed by atoms with E-state index in [0.29, 0.717) is 11.5 Å². The van der Waals surface area contributed by atoms with Crippen molar-refractivity contribution in [3.8, 4) is 17.6 Å². The van der Waals surface area contributed by atoms with Gasteiger partial charge in [-0.05, 0) is 41.8 Å². The summed E-state index contributed by atoms with van der Waals surface area (Å²) in [4.78, 5) is 2.98. The highest BCUT2D eigenvalue weighted by molar-refractivity contribution is 5.51. The average molecular weight is 256 g/mol. The lowest BCUT2D eigenvalue weighted by molar-refractivity contribution is 0.354. The summed E-state index contributed by atoms with van der Waals surface area (Å²) in [5.41, 5.74) is 2.88. The molecule has 0 radical (unpaired) electrons. The smallest absolute Gasteiger partial charge is 0.161 e. The van der Waals surface area contributed by atoms with Crippen molar-refractivity contribution >= 4 is 0 Å². The van der Waals surface area contributed by atoms with Crippen LogP contribution in [0.3, 0.4) is 0 Å². The Labute approximate surface area is 112 Å². The number of aryl methyl sites for hydroxylation is 1. The van der Waals surface area contributed by atoms with Crippen LogP contribution in [0.25, 0.3) is 0 Å². The minimum Gasteiger partial charge on any atom is -0.493 e. The summed E-state index contributed by atoms with van der Waals surface area (Å²) < 4.78 is 10.6. The van der Waals surface area contributed by atoms with E-state index >= 15 is 0 Å². The number of ether oxygens (including phenoxy) is 2. The normalized spacial score (nSPS) is 11.7. The molecule has 0 aliphatic carbocycles. The molecule has 98 valence electrons. The Morgan fingerprint density at radius 3 is 2.42 bits per heavy atom. The highest BCUT2D eigenvalue weighted by Crippen LogP contribution is 2.35. The Morgan fingerprint density at radius 1 is 1.21 bits per heavy atom. The van der Waals surface area contributed by atoms with E-state index in [-0.39, 0.29) is 5.92 Å². The molecule has 0 aliphatic heterocycles. The van der Waals surface area contributed by atoms with Crippen molar-refractivity contribution in [2.75, 3.05) is 14.2 Å². The molecule has 2 rings (SSSR count). The van der Waals surface area contributed by atoms with Crippen molar-refractivity contribution in [3.63, 3.8) is 0 Å². The third-order valence-electron chi connectivity index (χ3n) is 3.17. The number of aromatic amines is 1. The summed E-state index contributed by atoms with van der Waals surface area (Å²) in [6.45, 7) is 1.97.